The van der Waals surface area contributed by atoms with Crippen LogP contribution in [-0.4, -0.2) is 71.0 Å². The van der Waals surface area contributed by atoms with Gasteiger partial charge < -0.3 is 9.64 Å². The van der Waals surface area contributed by atoms with Crippen molar-refractivity contribution in [1.29, 1.82) is 0 Å². The first-order chi connectivity index (χ1) is 12.8. The minimum atomic E-state index is -0.500. The van der Waals surface area contributed by atoms with Gasteiger partial charge in [0.15, 0.2) is 0 Å². The number of rotatable bonds is 6. The number of ether oxygens (including phenoxy) is 1. The molecular formula is C22H35N3O2. The summed E-state index contributed by atoms with van der Waals surface area (Å²) in [7, 11) is 0. The second-order valence-electron chi connectivity index (χ2n) is 9.12. The van der Waals surface area contributed by atoms with Gasteiger partial charge in [-0.2, -0.15) is 0 Å². The Morgan fingerprint density at radius 1 is 1.22 bits per heavy atom. The molecule has 0 radical (unpaired) electrons. The minimum Gasteiger partial charge on any atom is -0.375 e. The lowest BCUT2D eigenvalue weighted by Crippen LogP contribution is -2.65. The van der Waals surface area contributed by atoms with Gasteiger partial charge in [-0.25, -0.2) is 0 Å². The van der Waals surface area contributed by atoms with E-state index in [9.17, 15) is 4.79 Å². The number of carbonyl (C=O) groups excluding carboxylic acids is 1. The molecule has 0 bridgehead atoms. The minimum absolute atomic E-state index is 0.162. The van der Waals surface area contributed by atoms with Crippen molar-refractivity contribution < 1.29 is 9.53 Å². The van der Waals surface area contributed by atoms with E-state index in [1.165, 1.54) is 6.42 Å². The van der Waals surface area contributed by atoms with Crippen molar-refractivity contribution in [2.24, 2.45) is 5.92 Å². The smallest absolute Gasteiger partial charge is 0.201 e. The Hall–Kier alpha value is -1.30. The van der Waals surface area contributed by atoms with Crippen LogP contribution in [-0.2, 0) is 4.74 Å². The van der Waals surface area contributed by atoms with Gasteiger partial charge >= 0.3 is 0 Å². The molecule has 5 nitrogen and oxygen atoms in total. The first-order valence-corrected chi connectivity index (χ1v) is 10.4. The van der Waals surface area contributed by atoms with Crippen LogP contribution in [0.2, 0.25) is 0 Å². The monoisotopic (exact) mass is 373 g/mol. The largest absolute Gasteiger partial charge is 0.375 e. The van der Waals surface area contributed by atoms with E-state index in [-0.39, 0.29) is 11.4 Å². The molecule has 0 aliphatic carbocycles. The summed E-state index contributed by atoms with van der Waals surface area (Å²) in [5, 5.41) is 0. The Morgan fingerprint density at radius 3 is 2.56 bits per heavy atom. The fourth-order valence-electron chi connectivity index (χ4n) is 4.52. The lowest BCUT2D eigenvalue weighted by atomic mass is 9.75. The van der Waals surface area contributed by atoms with Crippen LogP contribution in [0.1, 0.15) is 57.4 Å². The number of piperazine rings is 1. The van der Waals surface area contributed by atoms with Gasteiger partial charge in [0, 0.05) is 45.4 Å². The number of carbonyl (C=O) groups is 1. The molecule has 2 saturated heterocycles. The molecule has 3 rings (SSSR count). The van der Waals surface area contributed by atoms with Crippen LogP contribution in [0.15, 0.2) is 24.4 Å². The summed E-state index contributed by atoms with van der Waals surface area (Å²) in [6.07, 6.45) is 4.42. The Kier molecular flexibility index (Phi) is 6.34. The zero-order valence-corrected chi connectivity index (χ0v) is 17.4. The molecule has 3 heterocycles. The molecule has 150 valence electrons. The van der Waals surface area contributed by atoms with E-state index in [4.69, 9.17) is 4.74 Å². The topological polar surface area (TPSA) is 45.7 Å². The molecule has 2 fully saturated rings. The third-order valence-electron chi connectivity index (χ3n) is 6.05. The molecular weight excluding hydrogens is 338 g/mol. The summed E-state index contributed by atoms with van der Waals surface area (Å²) in [5.41, 5.74) is -0.213. The number of nitrogens with zero attached hydrogens (tertiary/aromatic N) is 3. The zero-order chi connectivity index (χ0) is 19.5. The summed E-state index contributed by atoms with van der Waals surface area (Å²) in [4.78, 5) is 23.0. The Balaban J connectivity index is 1.78. The van der Waals surface area contributed by atoms with Crippen molar-refractivity contribution in [2.45, 2.75) is 58.1 Å². The van der Waals surface area contributed by atoms with Crippen LogP contribution < -0.4 is 0 Å². The first kappa shape index (κ1) is 20.4. The predicted molar refractivity (Wildman–Crippen MR) is 108 cm³/mol. The van der Waals surface area contributed by atoms with E-state index in [0.29, 0.717) is 12.3 Å². The second kappa shape index (κ2) is 8.38. The normalized spacial score (nSPS) is 27.0. The number of aromatic nitrogens is 1. The zero-order valence-electron chi connectivity index (χ0n) is 17.4. The van der Waals surface area contributed by atoms with Crippen molar-refractivity contribution >= 4 is 5.78 Å². The standard InChI is InChI=1S/C22H35N3O2/c1-18(2)8-11-24-12-14-25(15-13-24)22(9-16-27-21(3,4)17-22)20(26)19-7-5-6-10-23-19/h5-7,10,18H,8-9,11-17H2,1-4H3. The highest BCUT2D eigenvalue weighted by molar-refractivity contribution is 6.02. The van der Waals surface area contributed by atoms with E-state index in [1.807, 2.05) is 18.2 Å². The maximum absolute atomic E-state index is 13.6. The number of Topliss-reactive ketones (excluding diaryl/α,β-unsaturated/α-hetero) is 1. The number of hydrogen-bond donors (Lipinski definition) is 0. The van der Waals surface area contributed by atoms with Crippen LogP contribution in [0.5, 0.6) is 0 Å². The van der Waals surface area contributed by atoms with Crippen molar-refractivity contribution in [2.75, 3.05) is 39.3 Å². The Labute approximate surface area is 164 Å². The highest BCUT2D eigenvalue weighted by Gasteiger charge is 2.51. The van der Waals surface area contributed by atoms with E-state index >= 15 is 0 Å². The average molecular weight is 374 g/mol. The van der Waals surface area contributed by atoms with Crippen LogP contribution in [0.25, 0.3) is 0 Å². The van der Waals surface area contributed by atoms with Gasteiger partial charge in [0.05, 0.1) is 11.1 Å². The van der Waals surface area contributed by atoms with Gasteiger partial charge in [-0.1, -0.05) is 19.9 Å². The van der Waals surface area contributed by atoms with Crippen LogP contribution in [0, 0.1) is 5.92 Å². The van der Waals surface area contributed by atoms with E-state index < -0.39 is 5.54 Å². The molecule has 1 unspecified atom stereocenters. The number of pyridine rings is 1. The van der Waals surface area contributed by atoms with Crippen molar-refractivity contribution in [3.8, 4) is 0 Å². The average Bonchev–Trinajstić information content (AvgIpc) is 2.66. The number of ketones is 1. The molecule has 2 aliphatic heterocycles. The summed E-state index contributed by atoms with van der Waals surface area (Å²) < 4.78 is 5.97. The van der Waals surface area contributed by atoms with Crippen molar-refractivity contribution in [1.82, 2.24) is 14.8 Å². The lowest BCUT2D eigenvalue weighted by Gasteiger charge is -2.52. The maximum Gasteiger partial charge on any atom is 0.201 e. The predicted octanol–water partition coefficient (Wildman–Crippen LogP) is 3.26. The summed E-state index contributed by atoms with van der Waals surface area (Å²) in [5.74, 6) is 0.895. The molecule has 0 saturated carbocycles. The fourth-order valence-corrected chi connectivity index (χ4v) is 4.52. The van der Waals surface area contributed by atoms with E-state index in [2.05, 4.69) is 42.5 Å². The van der Waals surface area contributed by atoms with Gasteiger partial charge in [0.2, 0.25) is 5.78 Å². The van der Waals surface area contributed by atoms with Crippen molar-refractivity contribution in [3.63, 3.8) is 0 Å². The van der Waals surface area contributed by atoms with Crippen LogP contribution >= 0.6 is 0 Å². The molecule has 1 atom stereocenters. The van der Waals surface area contributed by atoms with Gasteiger partial charge in [-0.15, -0.1) is 0 Å². The molecule has 1 aromatic rings. The highest BCUT2D eigenvalue weighted by atomic mass is 16.5. The summed E-state index contributed by atoms with van der Waals surface area (Å²) in [6, 6.07) is 5.62. The highest BCUT2D eigenvalue weighted by Crippen LogP contribution is 2.39. The first-order valence-electron chi connectivity index (χ1n) is 10.4. The van der Waals surface area contributed by atoms with Crippen LogP contribution in [0.3, 0.4) is 0 Å². The molecule has 0 aromatic carbocycles. The summed E-state index contributed by atoms with van der Waals surface area (Å²) >= 11 is 0. The molecule has 0 N–H and O–H groups in total. The number of hydrogen-bond acceptors (Lipinski definition) is 5. The molecule has 1 aromatic heterocycles. The quantitative estimate of drug-likeness (QED) is 0.716. The van der Waals surface area contributed by atoms with Crippen LogP contribution in [0.4, 0.5) is 0 Å². The third kappa shape index (κ3) is 4.76. The lowest BCUT2D eigenvalue weighted by molar-refractivity contribution is -0.113. The van der Waals surface area contributed by atoms with E-state index in [0.717, 1.165) is 51.5 Å². The molecule has 27 heavy (non-hydrogen) atoms. The molecule has 0 amide bonds. The third-order valence-corrected chi connectivity index (χ3v) is 6.05. The van der Waals surface area contributed by atoms with Gasteiger partial charge in [-0.3, -0.25) is 14.7 Å². The molecule has 5 heteroatoms. The SMILES string of the molecule is CC(C)CCN1CCN(C2(C(=O)c3ccccn3)CCOC(C)(C)C2)CC1. The van der Waals surface area contributed by atoms with Gasteiger partial charge in [-0.05, 0) is 51.3 Å². The Bertz CT molecular complexity index is 624. The van der Waals surface area contributed by atoms with E-state index in [1.54, 1.807) is 6.20 Å². The Morgan fingerprint density at radius 2 is 1.96 bits per heavy atom. The van der Waals surface area contributed by atoms with Gasteiger partial charge in [0.25, 0.3) is 0 Å². The molecule has 0 spiro atoms. The maximum atomic E-state index is 13.6. The summed E-state index contributed by atoms with van der Waals surface area (Å²) in [6.45, 7) is 14.5. The van der Waals surface area contributed by atoms with Crippen molar-refractivity contribution in [3.05, 3.63) is 30.1 Å². The molecule has 2 aliphatic rings. The second-order valence-corrected chi connectivity index (χ2v) is 9.12. The van der Waals surface area contributed by atoms with Gasteiger partial charge in [0.1, 0.15) is 5.69 Å². The fraction of sp³-hybridized carbons (Fsp3) is 0.727.